The summed E-state index contributed by atoms with van der Waals surface area (Å²) in [4.78, 5) is 2.48. The largest absolute Gasteiger partial charge is 0.371 e. The van der Waals surface area contributed by atoms with Gasteiger partial charge in [0.25, 0.3) is 0 Å². The molecule has 0 atom stereocenters. The highest BCUT2D eigenvalue weighted by Gasteiger charge is 2.35. The van der Waals surface area contributed by atoms with E-state index < -0.39 is 0 Å². The van der Waals surface area contributed by atoms with Crippen molar-refractivity contribution in [3.63, 3.8) is 0 Å². The van der Waals surface area contributed by atoms with Crippen LogP contribution in [0.25, 0.3) is 0 Å². The lowest BCUT2D eigenvalue weighted by molar-refractivity contribution is 0.144. The van der Waals surface area contributed by atoms with Gasteiger partial charge in [-0.15, -0.1) is 0 Å². The molecule has 2 nitrogen and oxygen atoms in total. The zero-order valence-electron chi connectivity index (χ0n) is 11.9. The van der Waals surface area contributed by atoms with E-state index in [1.165, 1.54) is 63.7 Å². The van der Waals surface area contributed by atoms with Crippen molar-refractivity contribution in [1.82, 2.24) is 0 Å². The Kier molecular flexibility index (Phi) is 4.03. The summed E-state index contributed by atoms with van der Waals surface area (Å²) in [5, 5.41) is 8.99. The van der Waals surface area contributed by atoms with Gasteiger partial charge in [0.05, 0.1) is 5.56 Å². The van der Waals surface area contributed by atoms with Gasteiger partial charge < -0.3 is 4.90 Å². The molecule has 1 aromatic rings. The molecule has 0 unspecified atom stereocenters. The number of anilines is 1. The quantitative estimate of drug-likeness (QED) is 0.733. The molecule has 20 heavy (non-hydrogen) atoms. The molecule has 0 aromatic heterocycles. The maximum Gasteiger partial charge on any atom is 0.100 e. The molecule has 106 valence electrons. The molecule has 0 bridgehead atoms. The molecular formula is C17H21BrN2. The van der Waals surface area contributed by atoms with Crippen LogP contribution in [0.4, 0.5) is 5.69 Å². The molecule has 1 aliphatic heterocycles. The first-order valence-electron chi connectivity index (χ1n) is 7.67. The van der Waals surface area contributed by atoms with E-state index in [2.05, 4.69) is 39.0 Å². The van der Waals surface area contributed by atoms with Crippen molar-refractivity contribution in [2.24, 2.45) is 5.41 Å². The molecule has 2 aliphatic rings. The van der Waals surface area contributed by atoms with E-state index in [-0.39, 0.29) is 0 Å². The summed E-state index contributed by atoms with van der Waals surface area (Å²) >= 11 is 3.49. The standard InChI is InChI=1S/C17H21BrN2/c18-16-12-15(5-4-14(16)13-19)20-10-8-17(9-11-20)6-2-1-3-7-17/h4-5,12H,1-3,6-11H2. The summed E-state index contributed by atoms with van der Waals surface area (Å²) < 4.78 is 0.912. The van der Waals surface area contributed by atoms with Crippen molar-refractivity contribution in [2.75, 3.05) is 18.0 Å². The predicted molar refractivity (Wildman–Crippen MR) is 85.8 cm³/mol. The Morgan fingerprint density at radius 1 is 1.05 bits per heavy atom. The van der Waals surface area contributed by atoms with Crippen LogP contribution in [0.15, 0.2) is 22.7 Å². The Morgan fingerprint density at radius 3 is 2.35 bits per heavy atom. The maximum atomic E-state index is 8.99. The summed E-state index contributed by atoms with van der Waals surface area (Å²) in [6.07, 6.45) is 9.86. The molecular weight excluding hydrogens is 312 g/mol. The highest BCUT2D eigenvalue weighted by molar-refractivity contribution is 9.10. The highest BCUT2D eigenvalue weighted by Crippen LogP contribution is 2.45. The highest BCUT2D eigenvalue weighted by atomic mass is 79.9. The third-order valence-corrected chi connectivity index (χ3v) is 5.83. The summed E-state index contributed by atoms with van der Waals surface area (Å²) in [5.74, 6) is 0. The van der Waals surface area contributed by atoms with Crippen LogP contribution in [0.3, 0.4) is 0 Å². The SMILES string of the molecule is N#Cc1ccc(N2CCC3(CCCCC3)CC2)cc1Br. The Bertz CT molecular complexity index is 516. The van der Waals surface area contributed by atoms with Gasteiger partial charge in [0, 0.05) is 23.2 Å². The molecule has 0 amide bonds. The number of halogens is 1. The number of nitriles is 1. The summed E-state index contributed by atoms with van der Waals surface area (Å²) in [6.45, 7) is 2.33. The third kappa shape index (κ3) is 2.72. The number of benzene rings is 1. The Labute approximate surface area is 129 Å². The van der Waals surface area contributed by atoms with Gasteiger partial charge in [0.1, 0.15) is 6.07 Å². The van der Waals surface area contributed by atoms with Crippen molar-refractivity contribution < 1.29 is 0 Å². The third-order valence-electron chi connectivity index (χ3n) is 5.18. The molecule has 3 heteroatoms. The lowest BCUT2D eigenvalue weighted by atomic mass is 9.68. The normalized spacial score (nSPS) is 21.7. The first-order valence-corrected chi connectivity index (χ1v) is 8.46. The summed E-state index contributed by atoms with van der Waals surface area (Å²) in [7, 11) is 0. The number of hydrogen-bond donors (Lipinski definition) is 0. The Hall–Kier alpha value is -1.01. The van der Waals surface area contributed by atoms with Crippen LogP contribution >= 0.6 is 15.9 Å². The zero-order valence-corrected chi connectivity index (χ0v) is 13.5. The second kappa shape index (κ2) is 5.77. The van der Waals surface area contributed by atoms with Gasteiger partial charge in [-0.25, -0.2) is 0 Å². The van der Waals surface area contributed by atoms with Crippen molar-refractivity contribution in [3.05, 3.63) is 28.2 Å². The molecule has 3 rings (SSSR count). The van der Waals surface area contributed by atoms with Crippen LogP contribution in [0.2, 0.25) is 0 Å². The Balaban J connectivity index is 1.69. The molecule has 1 aliphatic carbocycles. The smallest absolute Gasteiger partial charge is 0.100 e. The number of nitrogens with zero attached hydrogens (tertiary/aromatic N) is 2. The van der Waals surface area contributed by atoms with Gasteiger partial charge >= 0.3 is 0 Å². The van der Waals surface area contributed by atoms with E-state index >= 15 is 0 Å². The fraction of sp³-hybridized carbons (Fsp3) is 0.588. The first-order chi connectivity index (χ1) is 9.72. The van der Waals surface area contributed by atoms with Gasteiger partial charge in [-0.3, -0.25) is 0 Å². The second-order valence-electron chi connectivity index (χ2n) is 6.32. The van der Waals surface area contributed by atoms with E-state index in [1.54, 1.807) is 0 Å². The maximum absolute atomic E-state index is 8.99. The minimum Gasteiger partial charge on any atom is -0.371 e. The van der Waals surface area contributed by atoms with Crippen molar-refractivity contribution in [1.29, 1.82) is 5.26 Å². The topological polar surface area (TPSA) is 27.0 Å². The number of rotatable bonds is 1. The van der Waals surface area contributed by atoms with Crippen molar-refractivity contribution in [3.8, 4) is 6.07 Å². The van der Waals surface area contributed by atoms with Crippen LogP contribution in [-0.4, -0.2) is 13.1 Å². The van der Waals surface area contributed by atoms with Gasteiger partial charge in [-0.05, 0) is 65.2 Å². The molecule has 1 spiro atoms. The fourth-order valence-electron chi connectivity index (χ4n) is 3.83. The predicted octanol–water partition coefficient (Wildman–Crippen LogP) is 4.87. The lowest BCUT2D eigenvalue weighted by Gasteiger charge is -2.45. The molecule has 0 radical (unpaired) electrons. The van der Waals surface area contributed by atoms with Gasteiger partial charge in [-0.2, -0.15) is 5.26 Å². The average molecular weight is 333 g/mol. The summed E-state index contributed by atoms with van der Waals surface area (Å²) in [6, 6.07) is 8.31. The van der Waals surface area contributed by atoms with Gasteiger partial charge in [0.15, 0.2) is 0 Å². The lowest BCUT2D eigenvalue weighted by Crippen LogP contribution is -2.41. The van der Waals surface area contributed by atoms with Crippen LogP contribution in [-0.2, 0) is 0 Å². The van der Waals surface area contributed by atoms with Crippen LogP contribution in [0.1, 0.15) is 50.5 Å². The monoisotopic (exact) mass is 332 g/mol. The van der Waals surface area contributed by atoms with Crippen LogP contribution in [0.5, 0.6) is 0 Å². The molecule has 2 fully saturated rings. The van der Waals surface area contributed by atoms with Crippen LogP contribution in [0, 0.1) is 16.7 Å². The Morgan fingerprint density at radius 2 is 1.75 bits per heavy atom. The first kappa shape index (κ1) is 13.9. The average Bonchev–Trinajstić information content (AvgIpc) is 2.49. The van der Waals surface area contributed by atoms with Gasteiger partial charge in [0.2, 0.25) is 0 Å². The number of hydrogen-bond acceptors (Lipinski definition) is 2. The zero-order chi connectivity index (χ0) is 14.0. The van der Waals surface area contributed by atoms with E-state index in [4.69, 9.17) is 5.26 Å². The minimum absolute atomic E-state index is 0.651. The van der Waals surface area contributed by atoms with E-state index in [1.807, 2.05) is 6.07 Å². The van der Waals surface area contributed by atoms with Gasteiger partial charge in [-0.1, -0.05) is 19.3 Å². The van der Waals surface area contributed by atoms with E-state index in [0.29, 0.717) is 5.41 Å². The molecule has 1 heterocycles. The second-order valence-corrected chi connectivity index (χ2v) is 7.18. The molecule has 1 saturated heterocycles. The van der Waals surface area contributed by atoms with Crippen molar-refractivity contribution in [2.45, 2.75) is 44.9 Å². The summed E-state index contributed by atoms with van der Waals surface area (Å²) in [5.41, 5.74) is 2.62. The molecule has 0 N–H and O–H groups in total. The number of piperidine rings is 1. The van der Waals surface area contributed by atoms with Crippen LogP contribution < -0.4 is 4.90 Å². The fourth-order valence-corrected chi connectivity index (χ4v) is 4.29. The molecule has 1 saturated carbocycles. The minimum atomic E-state index is 0.651. The van der Waals surface area contributed by atoms with E-state index in [9.17, 15) is 0 Å². The van der Waals surface area contributed by atoms with E-state index in [0.717, 1.165) is 10.0 Å². The van der Waals surface area contributed by atoms with Crippen molar-refractivity contribution >= 4 is 21.6 Å². The molecule has 1 aromatic carbocycles.